The molecule has 0 aromatic carbocycles. The fraction of sp³-hybridized carbons (Fsp3) is 1.00. The minimum atomic E-state index is -1.18. The van der Waals surface area contributed by atoms with Crippen LogP contribution in [-0.2, 0) is 0 Å². The molecule has 5 nitrogen and oxygen atoms in total. The molecule has 1 aliphatic heterocycles. The molecule has 5 N–H and O–H groups in total. The van der Waals surface area contributed by atoms with Crippen LogP contribution in [0.4, 0.5) is 0 Å². The van der Waals surface area contributed by atoms with E-state index in [1.54, 1.807) is 0 Å². The van der Waals surface area contributed by atoms with Crippen molar-refractivity contribution in [1.82, 2.24) is 5.32 Å². The van der Waals surface area contributed by atoms with Gasteiger partial charge in [-0.2, -0.15) is 0 Å². The van der Waals surface area contributed by atoms with E-state index in [4.69, 9.17) is 5.11 Å². The van der Waals surface area contributed by atoms with Gasteiger partial charge in [0.2, 0.25) is 0 Å². The summed E-state index contributed by atoms with van der Waals surface area (Å²) < 4.78 is 0. The van der Waals surface area contributed by atoms with Gasteiger partial charge < -0.3 is 25.7 Å². The van der Waals surface area contributed by atoms with Crippen molar-refractivity contribution in [3.05, 3.63) is 0 Å². The van der Waals surface area contributed by atoms with E-state index in [1.807, 2.05) is 0 Å². The van der Waals surface area contributed by atoms with E-state index < -0.39 is 24.4 Å². The summed E-state index contributed by atoms with van der Waals surface area (Å²) in [5.74, 6) is 0. The summed E-state index contributed by atoms with van der Waals surface area (Å²) in [5, 5.41) is 40.0. The molecule has 0 aromatic rings. The van der Waals surface area contributed by atoms with Gasteiger partial charge in [-0.1, -0.05) is 0 Å². The molecule has 0 bridgehead atoms. The lowest BCUT2D eigenvalue weighted by Gasteiger charge is -2.31. The molecule has 0 aliphatic carbocycles. The molecule has 5 heteroatoms. The first kappa shape index (κ1) is 10.9. The van der Waals surface area contributed by atoms with Crippen LogP contribution in [0.1, 0.15) is 12.8 Å². The summed E-state index contributed by atoms with van der Waals surface area (Å²) in [5.41, 5.74) is 0. The highest BCUT2D eigenvalue weighted by Crippen LogP contribution is 2.12. The normalized spacial score (nSPS) is 42.5. The molecule has 1 fully saturated rings. The van der Waals surface area contributed by atoms with Crippen LogP contribution in [-0.4, -0.2) is 57.9 Å². The molecule has 1 heterocycles. The zero-order chi connectivity index (χ0) is 9.84. The van der Waals surface area contributed by atoms with Crippen LogP contribution in [0.5, 0.6) is 0 Å². The van der Waals surface area contributed by atoms with Gasteiger partial charge in [0.05, 0.1) is 24.9 Å². The zero-order valence-corrected chi connectivity index (χ0v) is 7.43. The molecule has 0 radical (unpaired) electrons. The molecule has 1 saturated heterocycles. The number of nitrogens with one attached hydrogen (secondary N) is 1. The Bertz CT molecular complexity index is 153. The molecule has 0 spiro atoms. The van der Waals surface area contributed by atoms with Gasteiger partial charge in [0.25, 0.3) is 0 Å². The summed E-state index contributed by atoms with van der Waals surface area (Å²) in [6.07, 6.45) is -2.00. The second kappa shape index (κ2) is 4.88. The smallest absolute Gasteiger partial charge is 0.107 e. The van der Waals surface area contributed by atoms with E-state index in [0.717, 1.165) is 6.42 Å². The van der Waals surface area contributed by atoms with E-state index in [9.17, 15) is 15.3 Å². The van der Waals surface area contributed by atoms with E-state index in [1.165, 1.54) is 0 Å². The lowest BCUT2D eigenvalue weighted by atomic mass is 9.96. The third-order valence-electron chi connectivity index (χ3n) is 2.44. The number of rotatable bonds is 1. The van der Waals surface area contributed by atoms with Crippen molar-refractivity contribution in [2.45, 2.75) is 37.2 Å². The van der Waals surface area contributed by atoms with Gasteiger partial charge in [-0.05, 0) is 19.4 Å². The Morgan fingerprint density at radius 1 is 1.15 bits per heavy atom. The van der Waals surface area contributed by atoms with Gasteiger partial charge in [-0.25, -0.2) is 0 Å². The van der Waals surface area contributed by atoms with E-state index in [0.29, 0.717) is 13.0 Å². The Hall–Kier alpha value is -0.200. The lowest BCUT2D eigenvalue weighted by molar-refractivity contribution is -0.0856. The molecule has 0 unspecified atom stereocenters. The van der Waals surface area contributed by atoms with Crippen LogP contribution in [0.3, 0.4) is 0 Å². The highest BCUT2D eigenvalue weighted by Gasteiger charge is 2.31. The van der Waals surface area contributed by atoms with Crippen LogP contribution in [0, 0.1) is 0 Å². The molecule has 1 aliphatic rings. The monoisotopic (exact) mass is 191 g/mol. The standard InChI is InChI=1S/C8H17NO4/c10-4-5-7(12)8(13)6(11)2-1-3-9-5/h5-13H,1-4H2/t5-,6-,7-,8-/m1/s1. The maximum absolute atomic E-state index is 9.48. The maximum Gasteiger partial charge on any atom is 0.107 e. The predicted octanol–water partition coefficient (Wildman–Crippen LogP) is -2.19. The number of hydrogen-bond donors (Lipinski definition) is 5. The first-order valence-corrected chi connectivity index (χ1v) is 4.55. The first-order valence-electron chi connectivity index (χ1n) is 4.55. The Labute approximate surface area is 77.0 Å². The van der Waals surface area contributed by atoms with Gasteiger partial charge in [0, 0.05) is 0 Å². The number of hydrogen-bond acceptors (Lipinski definition) is 5. The summed E-state index contributed by atoms with van der Waals surface area (Å²) in [7, 11) is 0. The average molecular weight is 191 g/mol. The molecule has 78 valence electrons. The summed E-state index contributed by atoms with van der Waals surface area (Å²) in [6.45, 7) is 0.386. The topological polar surface area (TPSA) is 93.0 Å². The highest BCUT2D eigenvalue weighted by molar-refractivity contribution is 4.87. The van der Waals surface area contributed by atoms with Gasteiger partial charge in [-0.3, -0.25) is 0 Å². The van der Waals surface area contributed by atoms with Crippen LogP contribution in [0.25, 0.3) is 0 Å². The Morgan fingerprint density at radius 3 is 2.46 bits per heavy atom. The van der Waals surface area contributed by atoms with Gasteiger partial charge >= 0.3 is 0 Å². The Balaban J connectivity index is 2.58. The minimum Gasteiger partial charge on any atom is -0.395 e. The molecule has 13 heavy (non-hydrogen) atoms. The summed E-state index contributed by atoms with van der Waals surface area (Å²) >= 11 is 0. The largest absolute Gasteiger partial charge is 0.395 e. The van der Waals surface area contributed by atoms with E-state index in [-0.39, 0.29) is 6.61 Å². The van der Waals surface area contributed by atoms with E-state index >= 15 is 0 Å². The van der Waals surface area contributed by atoms with Crippen LogP contribution >= 0.6 is 0 Å². The van der Waals surface area contributed by atoms with Crippen molar-refractivity contribution in [1.29, 1.82) is 0 Å². The second-order valence-electron chi connectivity index (χ2n) is 3.43. The zero-order valence-electron chi connectivity index (χ0n) is 7.43. The SMILES string of the molecule is OC[C@H]1NCCC[C@@H](O)[C@@H](O)[C@@H]1O. The fourth-order valence-corrected chi connectivity index (χ4v) is 1.53. The Morgan fingerprint density at radius 2 is 1.85 bits per heavy atom. The van der Waals surface area contributed by atoms with Crippen molar-refractivity contribution in [2.24, 2.45) is 0 Å². The highest BCUT2D eigenvalue weighted by atomic mass is 16.4. The van der Waals surface area contributed by atoms with Crippen LogP contribution < -0.4 is 5.32 Å². The lowest BCUT2D eigenvalue weighted by Crippen LogP contribution is -2.54. The number of aliphatic hydroxyl groups is 4. The third kappa shape index (κ3) is 2.62. The number of aliphatic hydroxyl groups excluding tert-OH is 4. The molecule has 1 rings (SSSR count). The fourth-order valence-electron chi connectivity index (χ4n) is 1.53. The summed E-state index contributed by atoms with van der Waals surface area (Å²) in [4.78, 5) is 0. The summed E-state index contributed by atoms with van der Waals surface area (Å²) in [6, 6.07) is -0.551. The maximum atomic E-state index is 9.48. The molecular formula is C8H17NO4. The van der Waals surface area contributed by atoms with Gasteiger partial charge in [0.15, 0.2) is 0 Å². The predicted molar refractivity (Wildman–Crippen MR) is 46.1 cm³/mol. The molecule has 0 saturated carbocycles. The quantitative estimate of drug-likeness (QED) is 0.325. The van der Waals surface area contributed by atoms with Crippen molar-refractivity contribution in [2.75, 3.05) is 13.2 Å². The van der Waals surface area contributed by atoms with Crippen molar-refractivity contribution in [3.63, 3.8) is 0 Å². The third-order valence-corrected chi connectivity index (χ3v) is 2.44. The van der Waals surface area contributed by atoms with Gasteiger partial charge in [-0.15, -0.1) is 0 Å². The molecule has 4 atom stereocenters. The van der Waals surface area contributed by atoms with Crippen LogP contribution in [0.15, 0.2) is 0 Å². The first-order chi connectivity index (χ1) is 6.16. The second-order valence-corrected chi connectivity index (χ2v) is 3.43. The van der Waals surface area contributed by atoms with E-state index in [2.05, 4.69) is 5.32 Å². The molecular weight excluding hydrogens is 174 g/mol. The van der Waals surface area contributed by atoms with Crippen molar-refractivity contribution < 1.29 is 20.4 Å². The van der Waals surface area contributed by atoms with Crippen molar-refractivity contribution in [3.8, 4) is 0 Å². The molecule has 0 aromatic heterocycles. The minimum absolute atomic E-state index is 0.245. The Kier molecular flexibility index (Phi) is 4.08. The van der Waals surface area contributed by atoms with Crippen molar-refractivity contribution >= 4 is 0 Å². The van der Waals surface area contributed by atoms with Crippen LogP contribution in [0.2, 0.25) is 0 Å². The molecule has 0 amide bonds. The van der Waals surface area contributed by atoms with Gasteiger partial charge in [0.1, 0.15) is 6.10 Å². The average Bonchev–Trinajstić information content (AvgIpc) is 2.14.